The number of amidine groups is 1. The Kier molecular flexibility index (Phi) is 4.04. The molecule has 0 atom stereocenters. The molecule has 3 N–H and O–H groups in total. The lowest BCUT2D eigenvalue weighted by atomic mass is 10.2. The van der Waals surface area contributed by atoms with E-state index in [0.717, 1.165) is 5.56 Å². The van der Waals surface area contributed by atoms with Crippen molar-refractivity contribution in [3.05, 3.63) is 56.7 Å². The molecule has 0 unspecified atom stereocenters. The molecule has 0 aliphatic heterocycles. The number of ether oxygens (including phenoxy) is 1. The lowest BCUT2D eigenvalue weighted by Gasteiger charge is -2.09. The summed E-state index contributed by atoms with van der Waals surface area (Å²) < 4.78 is 5.44. The van der Waals surface area contributed by atoms with Crippen molar-refractivity contribution in [1.82, 2.24) is 4.98 Å². The minimum absolute atomic E-state index is 0.0232. The summed E-state index contributed by atoms with van der Waals surface area (Å²) in [5, 5.41) is 18.4. The van der Waals surface area contributed by atoms with Crippen molar-refractivity contribution in [2.45, 2.75) is 6.92 Å². The fraction of sp³-hybridized carbons (Fsp3) is 0.0769. The average molecular weight is 307 g/mol. The number of nitrogens with zero attached hydrogens (tertiary/aromatic N) is 2. The van der Waals surface area contributed by atoms with E-state index in [2.05, 4.69) is 4.98 Å². The minimum atomic E-state index is -0.558. The summed E-state index contributed by atoms with van der Waals surface area (Å²) in [6, 6.07) is 5.91. The minimum Gasteiger partial charge on any atom is -0.430 e. The molecule has 0 saturated carbocycles. The molecule has 0 bridgehead atoms. The number of aryl methyl sites for hydroxylation is 1. The highest BCUT2D eigenvalue weighted by atomic mass is 35.5. The number of nitrogen functional groups attached to an aromatic ring is 1. The average Bonchev–Trinajstić information content (AvgIpc) is 2.40. The van der Waals surface area contributed by atoms with Crippen LogP contribution in [0.25, 0.3) is 0 Å². The lowest BCUT2D eigenvalue weighted by Crippen LogP contribution is -2.12. The summed E-state index contributed by atoms with van der Waals surface area (Å²) in [5.74, 6) is -0.265. The second-order valence-corrected chi connectivity index (χ2v) is 4.60. The Balaban J connectivity index is 2.48. The van der Waals surface area contributed by atoms with Crippen molar-refractivity contribution in [2.24, 2.45) is 5.73 Å². The smallest absolute Gasteiger partial charge is 0.311 e. The van der Waals surface area contributed by atoms with Crippen molar-refractivity contribution in [2.75, 3.05) is 0 Å². The summed E-state index contributed by atoms with van der Waals surface area (Å²) in [4.78, 5) is 14.4. The van der Waals surface area contributed by atoms with Gasteiger partial charge in [-0.25, -0.2) is 4.98 Å². The van der Waals surface area contributed by atoms with Crippen LogP contribution in [0.4, 0.5) is 5.69 Å². The second kappa shape index (κ2) is 5.76. The Labute approximate surface area is 125 Å². The zero-order chi connectivity index (χ0) is 15.6. The standard InChI is InChI=1S/C13H11ClN4O3/c1-7-2-3-9(18(19)20)10(6-7)21-13-11(14)8(12(15)16)4-5-17-13/h2-6H,1H3,(H3,15,16). The predicted octanol–water partition coefficient (Wildman–Crippen LogP) is 3.03. The number of benzene rings is 1. The summed E-state index contributed by atoms with van der Waals surface area (Å²) >= 11 is 6.05. The SMILES string of the molecule is Cc1ccc([N+](=O)[O-])c(Oc2nccc(C(=N)N)c2Cl)c1. The fourth-order valence-electron chi connectivity index (χ4n) is 1.66. The molecular formula is C13H11ClN4O3. The van der Waals surface area contributed by atoms with E-state index in [9.17, 15) is 10.1 Å². The Bertz CT molecular complexity index is 733. The van der Waals surface area contributed by atoms with Crippen molar-refractivity contribution >= 4 is 23.1 Å². The summed E-state index contributed by atoms with van der Waals surface area (Å²) in [6.45, 7) is 1.78. The van der Waals surface area contributed by atoms with E-state index in [1.54, 1.807) is 13.0 Å². The third kappa shape index (κ3) is 3.09. The van der Waals surface area contributed by atoms with Gasteiger partial charge in [0.25, 0.3) is 0 Å². The molecule has 0 radical (unpaired) electrons. The molecule has 0 fully saturated rings. The molecule has 0 aliphatic rings. The molecule has 2 aromatic rings. The van der Waals surface area contributed by atoms with Gasteiger partial charge in [0, 0.05) is 17.8 Å². The first-order valence-corrected chi connectivity index (χ1v) is 6.19. The van der Waals surface area contributed by atoms with Crippen LogP contribution in [-0.2, 0) is 0 Å². The van der Waals surface area contributed by atoms with Gasteiger partial charge in [0.2, 0.25) is 11.6 Å². The van der Waals surface area contributed by atoms with Gasteiger partial charge in [-0.3, -0.25) is 15.5 Å². The summed E-state index contributed by atoms with van der Waals surface area (Å²) in [5.41, 5.74) is 6.22. The largest absolute Gasteiger partial charge is 0.430 e. The molecule has 1 aromatic carbocycles. The molecule has 21 heavy (non-hydrogen) atoms. The van der Waals surface area contributed by atoms with E-state index in [-0.39, 0.29) is 33.7 Å². The molecule has 2 rings (SSSR count). The number of hydrogen-bond donors (Lipinski definition) is 2. The number of hydrogen-bond acceptors (Lipinski definition) is 5. The summed E-state index contributed by atoms with van der Waals surface area (Å²) in [7, 11) is 0. The van der Waals surface area contributed by atoms with Gasteiger partial charge in [-0.15, -0.1) is 0 Å². The van der Waals surface area contributed by atoms with Crippen molar-refractivity contribution < 1.29 is 9.66 Å². The van der Waals surface area contributed by atoms with Crippen LogP contribution < -0.4 is 10.5 Å². The number of aromatic nitrogens is 1. The van der Waals surface area contributed by atoms with Crippen LogP contribution in [0.1, 0.15) is 11.1 Å². The van der Waals surface area contributed by atoms with Gasteiger partial charge in [0.1, 0.15) is 10.9 Å². The van der Waals surface area contributed by atoms with Gasteiger partial charge < -0.3 is 10.5 Å². The Morgan fingerprint density at radius 1 is 1.48 bits per heavy atom. The molecule has 0 amide bonds. The van der Waals surface area contributed by atoms with E-state index in [4.69, 9.17) is 27.5 Å². The predicted molar refractivity (Wildman–Crippen MR) is 78.2 cm³/mol. The fourth-order valence-corrected chi connectivity index (χ4v) is 1.91. The Morgan fingerprint density at radius 2 is 2.19 bits per heavy atom. The normalized spacial score (nSPS) is 10.2. The molecule has 7 nitrogen and oxygen atoms in total. The number of nitrogens with two attached hydrogens (primary N) is 1. The number of rotatable bonds is 4. The van der Waals surface area contributed by atoms with Crippen LogP contribution in [0.2, 0.25) is 5.02 Å². The van der Waals surface area contributed by atoms with Gasteiger partial charge in [0.05, 0.1) is 4.92 Å². The maximum absolute atomic E-state index is 11.0. The van der Waals surface area contributed by atoms with Crippen LogP contribution in [0.5, 0.6) is 11.6 Å². The maximum atomic E-state index is 11.0. The Morgan fingerprint density at radius 3 is 2.81 bits per heavy atom. The monoisotopic (exact) mass is 306 g/mol. The van der Waals surface area contributed by atoms with Crippen molar-refractivity contribution in [3.8, 4) is 11.6 Å². The molecule has 1 aromatic heterocycles. The molecular weight excluding hydrogens is 296 g/mol. The zero-order valence-electron chi connectivity index (χ0n) is 11.0. The first-order chi connectivity index (χ1) is 9.90. The summed E-state index contributed by atoms with van der Waals surface area (Å²) in [6.07, 6.45) is 1.36. The number of halogens is 1. The quantitative estimate of drug-likeness (QED) is 0.390. The zero-order valence-corrected chi connectivity index (χ0v) is 11.7. The Hall–Kier alpha value is -2.67. The topological polar surface area (TPSA) is 115 Å². The molecule has 108 valence electrons. The first kappa shape index (κ1) is 14.7. The van der Waals surface area contributed by atoms with Crippen LogP contribution in [-0.4, -0.2) is 15.7 Å². The third-order valence-corrected chi connectivity index (χ3v) is 3.03. The molecule has 0 spiro atoms. The number of pyridine rings is 1. The number of nitrogens with one attached hydrogen (secondary N) is 1. The van der Waals surface area contributed by atoms with Crippen LogP contribution in [0.15, 0.2) is 30.5 Å². The van der Waals surface area contributed by atoms with E-state index in [1.807, 2.05) is 0 Å². The molecule has 0 aliphatic carbocycles. The van der Waals surface area contributed by atoms with E-state index >= 15 is 0 Å². The van der Waals surface area contributed by atoms with Gasteiger partial charge in [0.15, 0.2) is 0 Å². The lowest BCUT2D eigenvalue weighted by molar-refractivity contribution is -0.385. The van der Waals surface area contributed by atoms with Gasteiger partial charge in [-0.2, -0.15) is 0 Å². The molecule has 8 heteroatoms. The third-order valence-electron chi connectivity index (χ3n) is 2.67. The highest BCUT2D eigenvalue weighted by Crippen LogP contribution is 2.35. The number of nitro benzene ring substituents is 1. The van der Waals surface area contributed by atoms with Gasteiger partial charge in [-0.05, 0) is 24.6 Å². The van der Waals surface area contributed by atoms with E-state index in [0.29, 0.717) is 0 Å². The second-order valence-electron chi connectivity index (χ2n) is 4.22. The van der Waals surface area contributed by atoms with Gasteiger partial charge in [-0.1, -0.05) is 17.7 Å². The van der Waals surface area contributed by atoms with Crippen LogP contribution in [0, 0.1) is 22.4 Å². The first-order valence-electron chi connectivity index (χ1n) is 5.82. The van der Waals surface area contributed by atoms with E-state index in [1.165, 1.54) is 24.4 Å². The van der Waals surface area contributed by atoms with Crippen molar-refractivity contribution in [1.29, 1.82) is 5.41 Å². The van der Waals surface area contributed by atoms with Gasteiger partial charge >= 0.3 is 5.69 Å². The maximum Gasteiger partial charge on any atom is 0.311 e. The highest BCUT2D eigenvalue weighted by Gasteiger charge is 2.19. The molecule has 1 heterocycles. The van der Waals surface area contributed by atoms with Crippen molar-refractivity contribution in [3.63, 3.8) is 0 Å². The van der Waals surface area contributed by atoms with Crippen LogP contribution in [0.3, 0.4) is 0 Å². The molecule has 0 saturated heterocycles. The number of nitro groups is 1. The highest BCUT2D eigenvalue weighted by molar-refractivity contribution is 6.35. The van der Waals surface area contributed by atoms with E-state index < -0.39 is 4.92 Å². The van der Waals surface area contributed by atoms with Crippen LogP contribution >= 0.6 is 11.6 Å².